The molecule has 0 amide bonds. The molecule has 1 saturated carbocycles. The first-order valence-electron chi connectivity index (χ1n) is 6.79. The number of benzene rings is 1. The smallest absolute Gasteiger partial charge is 0.305 e. The minimum absolute atomic E-state index is 0.349. The zero-order chi connectivity index (χ0) is 14.5. The Morgan fingerprint density at radius 3 is 2.70 bits per heavy atom. The number of nitro benzene ring substituents is 1. The minimum Gasteiger partial charge on any atom is -0.310 e. The highest BCUT2D eigenvalue weighted by Crippen LogP contribution is 2.27. The molecule has 1 aliphatic carbocycles. The van der Waals surface area contributed by atoms with Crippen LogP contribution in [0, 0.1) is 15.9 Å². The van der Waals surface area contributed by atoms with Gasteiger partial charge in [-0.25, -0.2) is 0 Å². The summed E-state index contributed by atoms with van der Waals surface area (Å²) >= 11 is 1.91. The van der Waals surface area contributed by atoms with Crippen molar-refractivity contribution >= 4 is 17.4 Å². The van der Waals surface area contributed by atoms with Crippen molar-refractivity contribution in [3.8, 4) is 0 Å². The molecule has 0 aliphatic heterocycles. The number of nitrogens with zero attached hydrogens (tertiary/aromatic N) is 1. The molecule has 1 N–H and O–H groups in total. The van der Waals surface area contributed by atoms with Gasteiger partial charge in [-0.3, -0.25) is 10.1 Å². The fourth-order valence-electron chi connectivity index (χ4n) is 2.60. The fraction of sp³-hybridized carbons (Fsp3) is 0.571. The molecule has 1 aromatic rings. The number of rotatable bonds is 5. The lowest BCUT2D eigenvalue weighted by atomic mass is 9.95. The van der Waals surface area contributed by atoms with E-state index in [4.69, 9.17) is 0 Å². The summed E-state index contributed by atoms with van der Waals surface area (Å²) in [5, 5.41) is 14.7. The predicted molar refractivity (Wildman–Crippen MR) is 79.5 cm³/mol. The van der Waals surface area contributed by atoms with Crippen LogP contribution in [0.1, 0.15) is 31.2 Å². The van der Waals surface area contributed by atoms with E-state index in [-0.39, 0.29) is 0 Å². The molecule has 0 radical (unpaired) electrons. The molecule has 0 heterocycles. The van der Waals surface area contributed by atoms with Crippen LogP contribution in [0.15, 0.2) is 18.2 Å². The lowest BCUT2D eigenvalue weighted by molar-refractivity contribution is -0.387. The van der Waals surface area contributed by atoms with Crippen molar-refractivity contribution < 1.29 is 9.31 Å². The Balaban J connectivity index is 1.92. The molecule has 0 unspecified atom stereocenters. The maximum atomic E-state index is 13.9. The topological polar surface area (TPSA) is 55.2 Å². The standard InChI is InChI=1S/C14H19FN2O2S/c1-20-12-7-5-11(6-8-12)16-9-10-3-2-4-13(14(10)15)17(18)19/h2-4,11-12,16H,5-9H2,1H3. The van der Waals surface area contributed by atoms with Crippen LogP contribution in [0.3, 0.4) is 0 Å². The van der Waals surface area contributed by atoms with Gasteiger partial charge < -0.3 is 5.32 Å². The summed E-state index contributed by atoms with van der Waals surface area (Å²) in [5.74, 6) is -0.720. The highest BCUT2D eigenvalue weighted by atomic mass is 32.2. The van der Waals surface area contributed by atoms with Gasteiger partial charge in [0.1, 0.15) is 0 Å². The van der Waals surface area contributed by atoms with Gasteiger partial charge in [0, 0.05) is 29.5 Å². The molecule has 110 valence electrons. The fourth-order valence-corrected chi connectivity index (χ4v) is 3.34. The number of hydrogen-bond donors (Lipinski definition) is 1. The van der Waals surface area contributed by atoms with E-state index in [1.165, 1.54) is 25.0 Å². The molecule has 0 bridgehead atoms. The normalized spacial score (nSPS) is 22.7. The number of halogens is 1. The van der Waals surface area contributed by atoms with E-state index < -0.39 is 16.4 Å². The Bertz CT molecular complexity index is 476. The van der Waals surface area contributed by atoms with Crippen molar-refractivity contribution in [2.24, 2.45) is 0 Å². The van der Waals surface area contributed by atoms with Gasteiger partial charge in [-0.05, 0) is 31.9 Å². The van der Waals surface area contributed by atoms with Crippen LogP contribution >= 0.6 is 11.8 Å². The third-order valence-electron chi connectivity index (χ3n) is 3.84. The maximum absolute atomic E-state index is 13.9. The van der Waals surface area contributed by atoms with Crippen LogP contribution in [0.5, 0.6) is 0 Å². The van der Waals surface area contributed by atoms with Crippen LogP contribution in [-0.2, 0) is 6.54 Å². The van der Waals surface area contributed by atoms with Gasteiger partial charge in [-0.2, -0.15) is 16.2 Å². The third-order valence-corrected chi connectivity index (χ3v) is 4.98. The second-order valence-corrected chi connectivity index (χ2v) is 6.24. The van der Waals surface area contributed by atoms with Crippen molar-refractivity contribution in [3.05, 3.63) is 39.7 Å². The van der Waals surface area contributed by atoms with Crippen molar-refractivity contribution in [2.45, 2.75) is 43.5 Å². The SMILES string of the molecule is CSC1CCC(NCc2cccc([N+](=O)[O-])c2F)CC1. The average molecular weight is 298 g/mol. The van der Waals surface area contributed by atoms with Crippen LogP contribution in [-0.4, -0.2) is 22.5 Å². The first-order valence-corrected chi connectivity index (χ1v) is 8.08. The Kier molecular flexibility index (Phi) is 5.37. The molecule has 0 aromatic heterocycles. The Hall–Kier alpha value is -1.14. The van der Waals surface area contributed by atoms with Gasteiger partial charge in [0.25, 0.3) is 0 Å². The highest BCUT2D eigenvalue weighted by Gasteiger charge is 2.21. The summed E-state index contributed by atoms with van der Waals surface area (Å²) in [5.41, 5.74) is -0.0819. The quantitative estimate of drug-likeness (QED) is 0.668. The molecule has 0 atom stereocenters. The van der Waals surface area contributed by atoms with E-state index in [1.54, 1.807) is 6.07 Å². The Labute approximate surface area is 122 Å². The average Bonchev–Trinajstić information content (AvgIpc) is 2.46. The van der Waals surface area contributed by atoms with Gasteiger partial charge >= 0.3 is 5.69 Å². The van der Waals surface area contributed by atoms with Gasteiger partial charge in [-0.15, -0.1) is 0 Å². The minimum atomic E-state index is -0.720. The zero-order valence-electron chi connectivity index (χ0n) is 11.5. The largest absolute Gasteiger partial charge is 0.310 e. The number of nitro groups is 1. The highest BCUT2D eigenvalue weighted by molar-refractivity contribution is 7.99. The van der Waals surface area contributed by atoms with Crippen LogP contribution in [0.25, 0.3) is 0 Å². The van der Waals surface area contributed by atoms with Crippen molar-refractivity contribution in [2.75, 3.05) is 6.26 Å². The molecule has 2 rings (SSSR count). The van der Waals surface area contributed by atoms with Gasteiger partial charge in [0.05, 0.1) is 4.92 Å². The van der Waals surface area contributed by atoms with Crippen LogP contribution in [0.2, 0.25) is 0 Å². The van der Waals surface area contributed by atoms with Crippen LogP contribution in [0.4, 0.5) is 10.1 Å². The summed E-state index contributed by atoms with van der Waals surface area (Å²) in [6.07, 6.45) is 6.66. The Morgan fingerprint density at radius 1 is 1.40 bits per heavy atom. The second-order valence-electron chi connectivity index (χ2n) is 5.10. The monoisotopic (exact) mass is 298 g/mol. The van der Waals surface area contributed by atoms with Gasteiger partial charge in [0.15, 0.2) is 0 Å². The predicted octanol–water partition coefficient (Wildman–Crippen LogP) is 3.50. The summed E-state index contributed by atoms with van der Waals surface area (Å²) in [6, 6.07) is 4.71. The maximum Gasteiger partial charge on any atom is 0.305 e. The summed E-state index contributed by atoms with van der Waals surface area (Å²) < 4.78 is 13.9. The molecule has 1 aliphatic rings. The van der Waals surface area contributed by atoms with E-state index in [0.717, 1.165) is 18.1 Å². The van der Waals surface area contributed by atoms with E-state index >= 15 is 0 Å². The molecule has 6 heteroatoms. The number of nitrogens with one attached hydrogen (secondary N) is 1. The van der Waals surface area contributed by atoms with E-state index in [1.807, 2.05) is 11.8 Å². The first kappa shape index (κ1) is 15.3. The Morgan fingerprint density at radius 2 is 2.10 bits per heavy atom. The molecule has 20 heavy (non-hydrogen) atoms. The third kappa shape index (κ3) is 3.70. The summed E-state index contributed by atoms with van der Waals surface area (Å²) in [7, 11) is 0. The van der Waals surface area contributed by atoms with E-state index in [0.29, 0.717) is 18.2 Å². The van der Waals surface area contributed by atoms with Crippen molar-refractivity contribution in [3.63, 3.8) is 0 Å². The van der Waals surface area contributed by atoms with Crippen molar-refractivity contribution in [1.29, 1.82) is 0 Å². The molecule has 4 nitrogen and oxygen atoms in total. The van der Waals surface area contributed by atoms with Crippen molar-refractivity contribution in [1.82, 2.24) is 5.32 Å². The second kappa shape index (κ2) is 7.04. The molecule has 1 fully saturated rings. The number of thioether (sulfide) groups is 1. The van der Waals surface area contributed by atoms with Gasteiger partial charge in [0.2, 0.25) is 5.82 Å². The zero-order valence-corrected chi connectivity index (χ0v) is 12.3. The molecule has 1 aromatic carbocycles. The number of hydrogen-bond acceptors (Lipinski definition) is 4. The molecular formula is C14H19FN2O2S. The lowest BCUT2D eigenvalue weighted by Crippen LogP contribution is -2.33. The molecular weight excluding hydrogens is 279 g/mol. The summed E-state index contributed by atoms with van der Waals surface area (Å²) in [4.78, 5) is 10.0. The molecule has 0 spiro atoms. The summed E-state index contributed by atoms with van der Waals surface area (Å²) in [6.45, 7) is 0.349. The van der Waals surface area contributed by atoms with Gasteiger partial charge in [-0.1, -0.05) is 12.1 Å². The first-order chi connectivity index (χ1) is 9.61. The van der Waals surface area contributed by atoms with E-state index in [9.17, 15) is 14.5 Å². The van der Waals surface area contributed by atoms with E-state index in [2.05, 4.69) is 11.6 Å². The molecule has 0 saturated heterocycles. The van der Waals surface area contributed by atoms with Crippen LogP contribution < -0.4 is 5.32 Å². The lowest BCUT2D eigenvalue weighted by Gasteiger charge is -2.28.